The fraction of sp³-hybridized carbons (Fsp3) is 0.769. The lowest BCUT2D eigenvalue weighted by Crippen LogP contribution is -2.44. The lowest BCUT2D eigenvalue weighted by Gasteiger charge is -2.32. The smallest absolute Gasteiger partial charge is 0.320 e. The van der Waals surface area contributed by atoms with Crippen LogP contribution in [-0.2, 0) is 4.79 Å². The molecule has 1 aliphatic heterocycles. The van der Waals surface area contributed by atoms with E-state index in [1.807, 2.05) is 6.08 Å². The number of aliphatic carboxylic acids is 1. The molecule has 1 fully saturated rings. The summed E-state index contributed by atoms with van der Waals surface area (Å²) in [5.74, 6) is -0.647. The van der Waals surface area contributed by atoms with Crippen molar-refractivity contribution in [1.29, 1.82) is 0 Å². The van der Waals surface area contributed by atoms with E-state index in [9.17, 15) is 4.79 Å². The van der Waals surface area contributed by atoms with Crippen LogP contribution in [-0.4, -0.2) is 35.1 Å². The molecule has 1 N–H and O–H groups in total. The molecule has 1 atom stereocenters. The standard InChI is InChI=1S/C13H23NO2/c1-2-3-4-5-7-10-14-11-8-6-9-12(14)13(15)16/h2,12H,1,3-11H2,(H,15,16). The van der Waals surface area contributed by atoms with Crippen LogP contribution in [0.25, 0.3) is 0 Å². The van der Waals surface area contributed by atoms with E-state index >= 15 is 0 Å². The van der Waals surface area contributed by atoms with Crippen molar-refractivity contribution in [2.45, 2.75) is 51.0 Å². The highest BCUT2D eigenvalue weighted by molar-refractivity contribution is 5.73. The summed E-state index contributed by atoms with van der Waals surface area (Å²) in [5, 5.41) is 9.09. The number of carbonyl (C=O) groups is 1. The van der Waals surface area contributed by atoms with Crippen LogP contribution in [0.5, 0.6) is 0 Å². The molecule has 16 heavy (non-hydrogen) atoms. The van der Waals surface area contributed by atoms with Gasteiger partial charge in [-0.1, -0.05) is 18.9 Å². The molecule has 0 spiro atoms. The maximum absolute atomic E-state index is 11.0. The highest BCUT2D eigenvalue weighted by Crippen LogP contribution is 2.18. The summed E-state index contributed by atoms with van der Waals surface area (Å²) in [5.41, 5.74) is 0. The second-order valence-electron chi connectivity index (χ2n) is 4.52. The molecule has 0 bridgehead atoms. The number of carboxylic acid groups (broad SMARTS) is 1. The molecule has 3 heteroatoms. The van der Waals surface area contributed by atoms with Gasteiger partial charge in [0, 0.05) is 0 Å². The van der Waals surface area contributed by atoms with Crippen molar-refractivity contribution in [3.8, 4) is 0 Å². The molecule has 3 nitrogen and oxygen atoms in total. The summed E-state index contributed by atoms with van der Waals surface area (Å²) in [6, 6.07) is -0.229. The van der Waals surface area contributed by atoms with Crippen LogP contribution in [0, 0.1) is 0 Å². The molecule has 1 unspecified atom stereocenters. The SMILES string of the molecule is C=CCCCCCN1CCCCC1C(=O)O. The summed E-state index contributed by atoms with van der Waals surface area (Å²) in [7, 11) is 0. The van der Waals surface area contributed by atoms with E-state index in [4.69, 9.17) is 5.11 Å². The van der Waals surface area contributed by atoms with Gasteiger partial charge in [-0.25, -0.2) is 0 Å². The van der Waals surface area contributed by atoms with Crippen molar-refractivity contribution in [3.05, 3.63) is 12.7 Å². The van der Waals surface area contributed by atoms with Gasteiger partial charge in [0.1, 0.15) is 6.04 Å². The Morgan fingerprint density at radius 2 is 2.19 bits per heavy atom. The molecule has 92 valence electrons. The molecule has 0 aromatic rings. The van der Waals surface area contributed by atoms with E-state index in [0.717, 1.165) is 45.2 Å². The first-order valence-electron chi connectivity index (χ1n) is 6.33. The number of unbranched alkanes of at least 4 members (excludes halogenated alkanes) is 3. The third-order valence-electron chi connectivity index (χ3n) is 3.25. The second kappa shape index (κ2) is 7.44. The van der Waals surface area contributed by atoms with E-state index in [-0.39, 0.29) is 6.04 Å². The average Bonchev–Trinajstić information content (AvgIpc) is 2.29. The molecule has 0 aromatic carbocycles. The molecule has 0 amide bonds. The minimum Gasteiger partial charge on any atom is -0.480 e. The van der Waals surface area contributed by atoms with Gasteiger partial charge in [-0.15, -0.1) is 6.58 Å². The van der Waals surface area contributed by atoms with Gasteiger partial charge in [-0.3, -0.25) is 9.69 Å². The number of allylic oxidation sites excluding steroid dienone is 1. The Morgan fingerprint density at radius 3 is 2.88 bits per heavy atom. The van der Waals surface area contributed by atoms with Crippen LogP contribution in [0.4, 0.5) is 0 Å². The average molecular weight is 225 g/mol. The number of hydrogen-bond donors (Lipinski definition) is 1. The highest BCUT2D eigenvalue weighted by Gasteiger charge is 2.27. The largest absolute Gasteiger partial charge is 0.480 e. The minimum absolute atomic E-state index is 0.229. The summed E-state index contributed by atoms with van der Waals surface area (Å²) < 4.78 is 0. The van der Waals surface area contributed by atoms with E-state index in [1.165, 1.54) is 12.8 Å². The van der Waals surface area contributed by atoms with Crippen molar-refractivity contribution in [3.63, 3.8) is 0 Å². The van der Waals surface area contributed by atoms with Crippen molar-refractivity contribution >= 4 is 5.97 Å². The molecular weight excluding hydrogens is 202 g/mol. The predicted molar refractivity (Wildman–Crippen MR) is 65.5 cm³/mol. The van der Waals surface area contributed by atoms with Crippen LogP contribution in [0.2, 0.25) is 0 Å². The number of rotatable bonds is 7. The maximum Gasteiger partial charge on any atom is 0.320 e. The predicted octanol–water partition coefficient (Wildman–Crippen LogP) is 2.67. The maximum atomic E-state index is 11.0. The van der Waals surface area contributed by atoms with Gasteiger partial charge in [-0.05, 0) is 45.2 Å². The van der Waals surface area contributed by atoms with E-state index in [0.29, 0.717) is 0 Å². The van der Waals surface area contributed by atoms with E-state index in [1.54, 1.807) is 0 Å². The van der Waals surface area contributed by atoms with Gasteiger partial charge in [0.05, 0.1) is 0 Å². The monoisotopic (exact) mass is 225 g/mol. The van der Waals surface area contributed by atoms with Crippen LogP contribution >= 0.6 is 0 Å². The van der Waals surface area contributed by atoms with Crippen LogP contribution < -0.4 is 0 Å². The zero-order chi connectivity index (χ0) is 11.8. The van der Waals surface area contributed by atoms with Gasteiger partial charge in [0.2, 0.25) is 0 Å². The molecular formula is C13H23NO2. The Kier molecular flexibility index (Phi) is 6.16. The topological polar surface area (TPSA) is 40.5 Å². The number of carboxylic acids is 1. The van der Waals surface area contributed by atoms with Gasteiger partial charge >= 0.3 is 5.97 Å². The number of hydrogen-bond acceptors (Lipinski definition) is 2. The first-order valence-corrected chi connectivity index (χ1v) is 6.33. The van der Waals surface area contributed by atoms with E-state index < -0.39 is 5.97 Å². The molecule has 0 saturated carbocycles. The summed E-state index contributed by atoms with van der Waals surface area (Å²) in [6.07, 6.45) is 9.51. The van der Waals surface area contributed by atoms with E-state index in [2.05, 4.69) is 11.5 Å². The molecule has 1 heterocycles. The highest BCUT2D eigenvalue weighted by atomic mass is 16.4. The molecule has 0 aliphatic carbocycles. The molecule has 1 aliphatic rings. The van der Waals surface area contributed by atoms with Gasteiger partial charge in [0.25, 0.3) is 0 Å². The third kappa shape index (κ3) is 4.35. The van der Waals surface area contributed by atoms with Crippen LogP contribution in [0.15, 0.2) is 12.7 Å². The summed E-state index contributed by atoms with van der Waals surface area (Å²) in [6.45, 7) is 5.59. The Bertz CT molecular complexity index is 228. The molecule has 1 saturated heterocycles. The summed E-state index contributed by atoms with van der Waals surface area (Å²) >= 11 is 0. The first-order chi connectivity index (χ1) is 7.75. The second-order valence-corrected chi connectivity index (χ2v) is 4.52. The Hall–Kier alpha value is -0.830. The summed E-state index contributed by atoms with van der Waals surface area (Å²) in [4.78, 5) is 13.2. The van der Waals surface area contributed by atoms with Crippen molar-refractivity contribution in [2.24, 2.45) is 0 Å². The Labute approximate surface area is 98.1 Å². The fourth-order valence-electron chi connectivity index (χ4n) is 2.32. The molecule has 0 radical (unpaired) electrons. The Morgan fingerprint density at radius 1 is 1.38 bits per heavy atom. The van der Waals surface area contributed by atoms with Crippen molar-refractivity contribution in [1.82, 2.24) is 4.90 Å². The normalized spacial score (nSPS) is 21.9. The van der Waals surface area contributed by atoms with Gasteiger partial charge in [-0.2, -0.15) is 0 Å². The Balaban J connectivity index is 2.22. The lowest BCUT2D eigenvalue weighted by molar-refractivity contribution is -0.144. The van der Waals surface area contributed by atoms with Crippen LogP contribution in [0.1, 0.15) is 44.9 Å². The zero-order valence-electron chi connectivity index (χ0n) is 10.0. The van der Waals surface area contributed by atoms with Crippen LogP contribution in [0.3, 0.4) is 0 Å². The van der Waals surface area contributed by atoms with Gasteiger partial charge in [0.15, 0.2) is 0 Å². The third-order valence-corrected chi connectivity index (χ3v) is 3.25. The molecule has 0 aromatic heterocycles. The quantitative estimate of drug-likeness (QED) is 0.535. The number of nitrogens with zero attached hydrogens (tertiary/aromatic N) is 1. The lowest BCUT2D eigenvalue weighted by atomic mass is 10.0. The van der Waals surface area contributed by atoms with Crippen molar-refractivity contribution in [2.75, 3.05) is 13.1 Å². The molecule has 1 rings (SSSR count). The van der Waals surface area contributed by atoms with Gasteiger partial charge < -0.3 is 5.11 Å². The minimum atomic E-state index is -0.647. The number of likely N-dealkylation sites (tertiary alicyclic amines) is 1. The zero-order valence-corrected chi connectivity index (χ0v) is 10.0. The number of piperidine rings is 1. The first kappa shape index (κ1) is 13.2. The fourth-order valence-corrected chi connectivity index (χ4v) is 2.32. The van der Waals surface area contributed by atoms with Crippen molar-refractivity contribution < 1.29 is 9.90 Å².